The normalized spacial score (nSPS) is 14.3. The number of aryl methyl sites for hydroxylation is 2. The van der Waals surface area contributed by atoms with Crippen LogP contribution in [0.5, 0.6) is 11.5 Å². The maximum atomic E-state index is 13.3. The number of sulfonamides is 1. The summed E-state index contributed by atoms with van der Waals surface area (Å²) in [5, 5.41) is 2.90. The summed E-state index contributed by atoms with van der Waals surface area (Å²) in [4.78, 5) is 27.8. The van der Waals surface area contributed by atoms with Gasteiger partial charge >= 0.3 is 0 Å². The van der Waals surface area contributed by atoms with Gasteiger partial charge in [0.15, 0.2) is 12.7 Å². The van der Waals surface area contributed by atoms with Gasteiger partial charge in [-0.05, 0) is 85.5 Å². The molecule has 1 aliphatic heterocycles. The van der Waals surface area contributed by atoms with E-state index in [0.29, 0.717) is 35.8 Å². The molecular formula is C33H33N3O6S. The lowest BCUT2D eigenvalue weighted by atomic mass is 10.1. The van der Waals surface area contributed by atoms with Crippen molar-refractivity contribution in [3.05, 3.63) is 114 Å². The van der Waals surface area contributed by atoms with Crippen molar-refractivity contribution in [2.75, 3.05) is 29.3 Å². The zero-order chi connectivity index (χ0) is 30.4. The Morgan fingerprint density at radius 2 is 1.58 bits per heavy atom. The molecule has 5 rings (SSSR count). The van der Waals surface area contributed by atoms with Crippen molar-refractivity contribution < 1.29 is 27.5 Å². The number of ether oxygens (including phenoxy) is 2. The van der Waals surface area contributed by atoms with Crippen molar-refractivity contribution in [3.8, 4) is 11.5 Å². The maximum Gasteiger partial charge on any atom is 0.265 e. The summed E-state index contributed by atoms with van der Waals surface area (Å²) in [5.41, 5.74) is 4.03. The Balaban J connectivity index is 1.20. The summed E-state index contributed by atoms with van der Waals surface area (Å²) in [6.07, 6.45) is -0.211. The molecule has 0 aromatic heterocycles. The third-order valence-corrected chi connectivity index (χ3v) is 8.29. The number of rotatable bonds is 10. The first kappa shape index (κ1) is 29.7. The third-order valence-electron chi connectivity index (χ3n) is 6.89. The molecule has 0 aliphatic carbocycles. The second-order valence-corrected chi connectivity index (χ2v) is 12.0. The van der Waals surface area contributed by atoms with Gasteiger partial charge in [-0.3, -0.25) is 14.3 Å². The first-order chi connectivity index (χ1) is 20.7. The highest BCUT2D eigenvalue weighted by Crippen LogP contribution is 2.33. The zero-order valence-corrected chi connectivity index (χ0v) is 24.8. The number of hydrogen-bond acceptors (Lipinski definition) is 6. The van der Waals surface area contributed by atoms with Crippen molar-refractivity contribution >= 4 is 33.2 Å². The number of amides is 2. The Morgan fingerprint density at radius 1 is 0.907 bits per heavy atom. The number of benzene rings is 4. The molecular weight excluding hydrogens is 566 g/mol. The summed E-state index contributed by atoms with van der Waals surface area (Å²) in [7, 11) is -3.81. The largest absolute Gasteiger partial charge is 0.484 e. The average molecular weight is 600 g/mol. The minimum absolute atomic E-state index is 0.0255. The molecule has 0 bridgehead atoms. The lowest BCUT2D eigenvalue weighted by Crippen LogP contribution is -2.52. The van der Waals surface area contributed by atoms with Crippen LogP contribution in [-0.2, 0) is 26.0 Å². The molecule has 9 nitrogen and oxygen atoms in total. The van der Waals surface area contributed by atoms with Crippen molar-refractivity contribution in [2.24, 2.45) is 0 Å². The van der Waals surface area contributed by atoms with Crippen LogP contribution < -0.4 is 24.4 Å². The van der Waals surface area contributed by atoms with E-state index in [1.807, 2.05) is 50.2 Å². The molecule has 43 heavy (non-hydrogen) atoms. The Bertz CT molecular complexity index is 1690. The molecule has 0 saturated heterocycles. The van der Waals surface area contributed by atoms with Gasteiger partial charge in [0.2, 0.25) is 0 Å². The molecule has 222 valence electrons. The van der Waals surface area contributed by atoms with E-state index in [4.69, 9.17) is 9.47 Å². The van der Waals surface area contributed by atoms with Gasteiger partial charge in [0, 0.05) is 12.2 Å². The molecule has 0 spiro atoms. The average Bonchev–Trinajstić information content (AvgIpc) is 2.99. The van der Waals surface area contributed by atoms with E-state index < -0.39 is 16.1 Å². The Labute approximate surface area is 251 Å². The van der Waals surface area contributed by atoms with Crippen LogP contribution in [0, 0.1) is 13.8 Å². The highest BCUT2D eigenvalue weighted by Gasteiger charge is 2.33. The van der Waals surface area contributed by atoms with E-state index in [1.165, 1.54) is 29.2 Å². The predicted molar refractivity (Wildman–Crippen MR) is 165 cm³/mol. The highest BCUT2D eigenvalue weighted by atomic mass is 32.2. The molecule has 4 aromatic rings. The fraction of sp³-hybridized carbons (Fsp3) is 0.212. The quantitative estimate of drug-likeness (QED) is 0.275. The van der Waals surface area contributed by atoms with Crippen molar-refractivity contribution in [1.29, 1.82) is 0 Å². The SMILES string of the molecule is Cc1cc(C)cc(NS(=O)(=O)c2ccc(OCC(=O)N3C[C@@H](C(=O)NCCc4ccccc4)Oc4ccccc43)cc2)c1. The fourth-order valence-corrected chi connectivity index (χ4v) is 5.92. The van der Waals surface area contributed by atoms with E-state index in [9.17, 15) is 18.0 Å². The summed E-state index contributed by atoms with van der Waals surface area (Å²) < 4.78 is 40.0. The van der Waals surface area contributed by atoms with E-state index >= 15 is 0 Å². The number of nitrogens with one attached hydrogen (secondary N) is 2. The summed E-state index contributed by atoms with van der Waals surface area (Å²) in [6, 6.07) is 28.2. The number of hydrogen-bond donors (Lipinski definition) is 2. The van der Waals surface area contributed by atoms with Gasteiger partial charge in [0.1, 0.15) is 11.5 Å². The number of carbonyl (C=O) groups excluding carboxylic acids is 2. The van der Waals surface area contributed by atoms with E-state index in [2.05, 4.69) is 10.0 Å². The lowest BCUT2D eigenvalue weighted by molar-refractivity contribution is -0.128. The van der Waals surface area contributed by atoms with Crippen molar-refractivity contribution in [2.45, 2.75) is 31.3 Å². The molecule has 4 aromatic carbocycles. The molecule has 1 aliphatic rings. The van der Waals surface area contributed by atoms with Crippen LogP contribution in [0.2, 0.25) is 0 Å². The van der Waals surface area contributed by atoms with Gasteiger partial charge < -0.3 is 19.7 Å². The lowest BCUT2D eigenvalue weighted by Gasteiger charge is -2.34. The highest BCUT2D eigenvalue weighted by molar-refractivity contribution is 7.92. The number of anilines is 2. The molecule has 1 atom stereocenters. The van der Waals surface area contributed by atoms with E-state index in [1.54, 1.807) is 36.4 Å². The summed E-state index contributed by atoms with van der Waals surface area (Å²) in [6.45, 7) is 3.94. The van der Waals surface area contributed by atoms with Gasteiger partial charge in [-0.25, -0.2) is 8.42 Å². The second kappa shape index (κ2) is 13.0. The van der Waals surface area contributed by atoms with Crippen molar-refractivity contribution in [3.63, 3.8) is 0 Å². The maximum absolute atomic E-state index is 13.3. The molecule has 10 heteroatoms. The standard InChI is InChI=1S/C33H33N3O6S/c1-23-18-24(2)20-26(19-23)35-43(39,40)28-14-12-27(13-15-28)41-22-32(37)36-21-31(42-30-11-7-6-10-29(30)36)33(38)34-17-16-25-8-4-3-5-9-25/h3-15,18-20,31,35H,16-17,21-22H2,1-2H3,(H,34,38)/t31-/m0/s1. The Hall–Kier alpha value is -4.83. The number of carbonyl (C=O) groups is 2. The first-order valence-corrected chi connectivity index (χ1v) is 15.4. The third kappa shape index (κ3) is 7.52. The van der Waals surface area contributed by atoms with Crippen LogP contribution >= 0.6 is 0 Å². The number of fused-ring (bicyclic) bond motifs is 1. The van der Waals surface area contributed by atoms with Crippen LogP contribution in [-0.4, -0.2) is 46.0 Å². The monoisotopic (exact) mass is 599 g/mol. The Morgan fingerprint density at radius 3 is 2.30 bits per heavy atom. The van der Waals surface area contributed by atoms with E-state index in [-0.39, 0.29) is 29.9 Å². The van der Waals surface area contributed by atoms with Gasteiger partial charge in [-0.2, -0.15) is 0 Å². The van der Waals surface area contributed by atoms with Crippen LogP contribution in [0.4, 0.5) is 11.4 Å². The topological polar surface area (TPSA) is 114 Å². The molecule has 0 radical (unpaired) electrons. The van der Waals surface area contributed by atoms with Gasteiger partial charge in [-0.1, -0.05) is 48.5 Å². The fourth-order valence-electron chi connectivity index (χ4n) is 4.88. The molecule has 2 N–H and O–H groups in total. The van der Waals surface area contributed by atoms with Crippen LogP contribution in [0.3, 0.4) is 0 Å². The minimum atomic E-state index is -3.81. The molecule has 2 amide bonds. The predicted octanol–water partition coefficient (Wildman–Crippen LogP) is 4.64. The van der Waals surface area contributed by atoms with Gasteiger partial charge in [0.05, 0.1) is 17.1 Å². The molecule has 0 saturated carbocycles. The molecule has 1 heterocycles. The zero-order valence-electron chi connectivity index (χ0n) is 23.9. The second-order valence-electron chi connectivity index (χ2n) is 10.3. The molecule has 0 fully saturated rings. The van der Waals surface area contributed by atoms with Crippen LogP contribution in [0.25, 0.3) is 0 Å². The first-order valence-electron chi connectivity index (χ1n) is 13.9. The van der Waals surface area contributed by atoms with E-state index in [0.717, 1.165) is 16.7 Å². The molecule has 0 unspecified atom stereocenters. The Kier molecular flexibility index (Phi) is 8.96. The summed E-state index contributed by atoms with van der Waals surface area (Å²) >= 11 is 0. The minimum Gasteiger partial charge on any atom is -0.484 e. The van der Waals surface area contributed by atoms with Gasteiger partial charge in [-0.15, -0.1) is 0 Å². The number of para-hydroxylation sites is 2. The smallest absolute Gasteiger partial charge is 0.265 e. The van der Waals surface area contributed by atoms with Crippen LogP contribution in [0.15, 0.2) is 102 Å². The van der Waals surface area contributed by atoms with Crippen LogP contribution in [0.1, 0.15) is 16.7 Å². The summed E-state index contributed by atoms with van der Waals surface area (Å²) in [5.74, 6) is 0.0769. The van der Waals surface area contributed by atoms with Gasteiger partial charge in [0.25, 0.3) is 21.8 Å². The number of nitrogens with zero attached hydrogens (tertiary/aromatic N) is 1. The van der Waals surface area contributed by atoms with Crippen molar-refractivity contribution in [1.82, 2.24) is 5.32 Å².